The zero-order valence-electron chi connectivity index (χ0n) is 73.0. The summed E-state index contributed by atoms with van der Waals surface area (Å²) in [6.07, 6.45) is 16.0. The molecule has 37 heteroatoms. The van der Waals surface area contributed by atoms with Gasteiger partial charge in [-0.2, -0.15) is 30.4 Å². The van der Waals surface area contributed by atoms with Gasteiger partial charge in [0, 0.05) is 121 Å². The number of aliphatic hydroxyl groups is 1. The quantitative estimate of drug-likeness (QED) is 0.0562. The number of nitrogens with zero attached hydrogens (tertiary/aromatic N) is 12. The molecule has 6 amide bonds. The molecule has 2 saturated carbocycles. The highest BCUT2D eigenvalue weighted by Crippen LogP contribution is 2.59. The van der Waals surface area contributed by atoms with Crippen molar-refractivity contribution < 1.29 is 74.5 Å². The number of aromatic nitrogens is 6. The summed E-state index contributed by atoms with van der Waals surface area (Å²) >= 11 is 9.69. The topological polar surface area (TPSA) is 382 Å². The fraction of sp³-hybridized carbons (Fsp3) is 0.628. The standard InChI is InChI=1S/C43H60N8O8S2.C26H42N4O8S.C17H19ClN4S/c1-27(2)51-33-19-15-17-30(32-26-60-40(44-32)49-20-13-14-21-49)36(33)46-39(51)58-29-22-34-35(52)24-43(38(54)47-61(56,57)48(6)7)23-28(43)16-11-9-8-10-12-18-31(37(53)50(34)25-29)45-41(55)59-42(3,4)5;1-25(2,3)38-24(35)27-19-12-10-8-6-7-9-11-17-14-26(17,23(34)28-39(36,37)29(4)5)15-21(32)20-13-18(31)16-30(20)22(19)33;1-11(2)22-14-7-5-6-12(15(14)20-16(22)18)13-10-23-17(19-13)21-8-3-4-9-21/h11,15-17,19,26-29,31,34H,8-10,12-14,18,20-25H2,1-7H3,(H,45,55)(H,47,54);9,11,17-20,31H,6-8,10,12-16H2,1-5H3,(H,27,35)(H,28,34);5-7,10-11H,3-4,8-9H2,1-2H3/b16-11-;11-9-;/t28-,29-,31+,34+,43-;17-,18-,19+,20+,26-;/m11./s1. The number of para-hydroxylation sites is 2. The highest BCUT2D eigenvalue weighted by Gasteiger charge is 2.63. The summed E-state index contributed by atoms with van der Waals surface area (Å²) < 4.78 is 78.2. The predicted octanol–water partition coefficient (Wildman–Crippen LogP) is 12.2. The van der Waals surface area contributed by atoms with E-state index in [1.807, 2.05) is 60.9 Å². The zero-order chi connectivity index (χ0) is 89.0. The maximum absolute atomic E-state index is 14.7. The van der Waals surface area contributed by atoms with Crippen molar-refractivity contribution in [3.8, 4) is 28.5 Å². The lowest BCUT2D eigenvalue weighted by Gasteiger charge is -2.30. The minimum atomic E-state index is -4.14. The number of imidazole rings is 2. The lowest BCUT2D eigenvalue weighted by atomic mass is 9.91. The highest BCUT2D eigenvalue weighted by atomic mass is 35.5. The Labute approximate surface area is 734 Å². The van der Waals surface area contributed by atoms with Crippen molar-refractivity contribution in [2.24, 2.45) is 22.7 Å². The number of Topliss-reactive ketones (excluding diaryl/α,β-unsaturated/α-hetero) is 2. The number of hydrogen-bond acceptors (Lipinski definition) is 24. The molecule has 6 fully saturated rings. The van der Waals surface area contributed by atoms with Crippen LogP contribution >= 0.6 is 34.3 Å². The van der Waals surface area contributed by atoms with Gasteiger partial charge in [-0.05, 0) is 182 Å². The first-order valence-corrected chi connectivity index (χ1v) is 48.0. The minimum absolute atomic E-state index is 0.00205. The van der Waals surface area contributed by atoms with Crippen LogP contribution in [0.5, 0.6) is 6.01 Å². The van der Waals surface area contributed by atoms with E-state index >= 15 is 0 Å². The predicted molar refractivity (Wildman–Crippen MR) is 474 cm³/mol. The highest BCUT2D eigenvalue weighted by molar-refractivity contribution is 7.88. The van der Waals surface area contributed by atoms with Crippen molar-refractivity contribution in [2.45, 2.75) is 257 Å². The molecule has 0 radical (unpaired) electrons. The molecule has 6 aromatic rings. The number of anilines is 2. The van der Waals surface area contributed by atoms with Gasteiger partial charge in [0.2, 0.25) is 28.9 Å². The monoisotopic (exact) mass is 1800 g/mol. The van der Waals surface area contributed by atoms with Crippen LogP contribution in [0.15, 0.2) is 71.5 Å². The molecule has 0 bridgehead atoms. The fourth-order valence-electron chi connectivity index (χ4n) is 17.1. The van der Waals surface area contributed by atoms with Crippen molar-refractivity contribution in [1.82, 2.24) is 67.6 Å². The van der Waals surface area contributed by atoms with E-state index in [9.17, 15) is 60.3 Å². The number of carbonyl (C=O) groups is 8. The third-order valence-corrected chi connectivity index (χ3v) is 28.7. The summed E-state index contributed by atoms with van der Waals surface area (Å²) in [6, 6.07) is 8.76. The number of carbonyl (C=O) groups excluding carboxylic acids is 8. The largest absolute Gasteiger partial charge is 0.459 e. The smallest absolute Gasteiger partial charge is 0.408 e. The van der Waals surface area contributed by atoms with Gasteiger partial charge in [-0.15, -0.1) is 22.7 Å². The molecule has 10 atom stereocenters. The van der Waals surface area contributed by atoms with Crippen LogP contribution < -0.4 is 34.6 Å². The van der Waals surface area contributed by atoms with Crippen LogP contribution in [0.1, 0.15) is 210 Å². The molecule has 0 spiro atoms. The Hall–Kier alpha value is -8.65. The molecule has 32 nitrogen and oxygen atoms in total. The van der Waals surface area contributed by atoms with E-state index in [-0.39, 0.29) is 69.1 Å². The number of fused-ring (bicyclic) bond motifs is 6. The van der Waals surface area contributed by atoms with Crippen LogP contribution in [-0.2, 0) is 58.7 Å². The molecule has 0 unspecified atom stereocenters. The third-order valence-electron chi connectivity index (χ3n) is 23.8. The Kier molecular flexibility index (Phi) is 29.4. The fourth-order valence-corrected chi connectivity index (χ4v) is 20.5. The Balaban J connectivity index is 0.000000189. The van der Waals surface area contributed by atoms with Crippen LogP contribution in [-0.4, -0.2) is 232 Å². The van der Waals surface area contributed by atoms with Gasteiger partial charge in [-0.25, -0.2) is 34.0 Å². The molecule has 10 heterocycles. The average molecular weight is 1800 g/mol. The summed E-state index contributed by atoms with van der Waals surface area (Å²) in [5.74, 6) is -3.97. The van der Waals surface area contributed by atoms with Crippen molar-refractivity contribution >= 4 is 134 Å². The Morgan fingerprint density at radius 2 is 0.992 bits per heavy atom. The first kappa shape index (κ1) is 93.5. The summed E-state index contributed by atoms with van der Waals surface area (Å²) in [5, 5.41) is 22.7. The molecular formula is C86H121ClN16O16S4. The second-order valence-electron chi connectivity index (χ2n) is 36.5. The van der Waals surface area contributed by atoms with Gasteiger partial charge < -0.3 is 54.1 Å². The molecule has 8 aliphatic rings. The van der Waals surface area contributed by atoms with E-state index in [0.29, 0.717) is 49.8 Å². The first-order valence-electron chi connectivity index (χ1n) is 43.0. The average Bonchev–Trinajstić information content (AvgIpc) is 1.58. The number of allylic oxidation sites excluding steroid dienone is 4. The van der Waals surface area contributed by atoms with Crippen LogP contribution in [0, 0.1) is 22.7 Å². The van der Waals surface area contributed by atoms with Gasteiger partial charge in [0.15, 0.2) is 21.8 Å². The molecule has 4 saturated heterocycles. The number of rotatable bonds is 16. The minimum Gasteiger partial charge on any atom is -0.459 e. The van der Waals surface area contributed by atoms with E-state index in [2.05, 4.69) is 82.2 Å². The number of ether oxygens (including phenoxy) is 3. The molecule has 6 aliphatic heterocycles. The van der Waals surface area contributed by atoms with Crippen molar-refractivity contribution in [3.63, 3.8) is 0 Å². The number of benzene rings is 2. The number of nitrogens with one attached hydrogen (secondary N) is 4. The zero-order valence-corrected chi connectivity index (χ0v) is 77.1. The second kappa shape index (κ2) is 38.7. The maximum Gasteiger partial charge on any atom is 0.408 e. The van der Waals surface area contributed by atoms with Gasteiger partial charge in [-0.3, -0.25) is 33.3 Å². The van der Waals surface area contributed by atoms with Crippen LogP contribution in [0.2, 0.25) is 5.28 Å². The second-order valence-corrected chi connectivity index (χ2v) is 42.3. The van der Waals surface area contributed by atoms with Crippen molar-refractivity contribution in [2.75, 3.05) is 77.3 Å². The van der Waals surface area contributed by atoms with Crippen LogP contribution in [0.3, 0.4) is 0 Å². The Morgan fingerprint density at radius 1 is 0.569 bits per heavy atom. The first-order chi connectivity index (χ1) is 58.1. The number of aliphatic hydroxyl groups excluding tert-OH is 1. The normalized spacial score (nSPS) is 25.6. The number of halogens is 1. The Bertz CT molecular complexity index is 5170. The SMILES string of the molecule is CC(C)n1c(Cl)nc2c(-c3csc(N4CCCC4)n3)cccc21.CC(C)n1c(O[C@@H]2C[C@H]3C(=O)C[C@]4(C(=O)NS(=O)(=O)N(C)C)C[C@H]4/C=C\CCCCC[C@H](NC(=O)OC(C)(C)C)C(=O)N3C2)nc2c(-c3csc(N4CCCC4)n3)cccc21.CN(C)S(=O)(=O)NC(=O)[C@]12CC(=O)[C@@H]3C[C@@H](O)CN3C(=O)[C@@H](NC(=O)OC(C)(C)C)CCCCC/C=C\[C@@H]1C2. The number of amides is 6. The molecule has 14 rings (SSSR count). The van der Waals surface area contributed by atoms with Crippen molar-refractivity contribution in [3.05, 3.63) is 76.7 Å². The number of ketones is 2. The summed E-state index contributed by atoms with van der Waals surface area (Å²) in [4.78, 5) is 136. The maximum atomic E-state index is 14.7. The lowest BCUT2D eigenvalue weighted by molar-refractivity contribution is -0.140. The van der Waals surface area contributed by atoms with E-state index in [0.717, 1.165) is 135 Å². The third kappa shape index (κ3) is 22.2. The number of hydrogen-bond donors (Lipinski definition) is 5. The summed E-state index contributed by atoms with van der Waals surface area (Å²) in [5.41, 5.74) is 3.19. The number of thiazole rings is 2. The van der Waals surface area contributed by atoms with E-state index in [1.165, 1.54) is 50.8 Å². The van der Waals surface area contributed by atoms with Gasteiger partial charge in [-0.1, -0.05) is 74.3 Å². The van der Waals surface area contributed by atoms with E-state index < -0.39 is 126 Å². The molecule has 123 heavy (non-hydrogen) atoms. The summed E-state index contributed by atoms with van der Waals surface area (Å²) in [6.45, 7) is 22.8. The molecule has 2 aliphatic carbocycles. The Morgan fingerprint density at radius 3 is 1.42 bits per heavy atom. The van der Waals surface area contributed by atoms with E-state index in [4.69, 9.17) is 40.8 Å². The van der Waals surface area contributed by atoms with Crippen LogP contribution in [0.25, 0.3) is 44.6 Å². The van der Waals surface area contributed by atoms with Gasteiger partial charge in [0.05, 0.1) is 63.5 Å². The van der Waals surface area contributed by atoms with Gasteiger partial charge >= 0.3 is 32.6 Å². The molecule has 672 valence electrons. The molecule has 4 aromatic heterocycles. The van der Waals surface area contributed by atoms with Gasteiger partial charge in [0.1, 0.15) is 34.9 Å². The van der Waals surface area contributed by atoms with Gasteiger partial charge in [0.25, 0.3) is 6.01 Å². The van der Waals surface area contributed by atoms with Crippen LogP contribution in [0.4, 0.5) is 19.9 Å². The number of alkyl carbamates (subject to hydrolysis) is 2. The molecule has 5 N–H and O–H groups in total. The molecule has 2 aromatic carbocycles. The lowest BCUT2D eigenvalue weighted by Crippen LogP contribution is -2.53. The summed E-state index contributed by atoms with van der Waals surface area (Å²) in [7, 11) is -2.97. The molecular weight excluding hydrogens is 1680 g/mol. The van der Waals surface area contributed by atoms with E-state index in [1.54, 1.807) is 64.2 Å². The van der Waals surface area contributed by atoms with Crippen molar-refractivity contribution in [1.29, 1.82) is 0 Å².